The van der Waals surface area contributed by atoms with Crippen molar-refractivity contribution in [2.24, 2.45) is 0 Å². The average molecular weight is 246 g/mol. The van der Waals surface area contributed by atoms with Crippen LogP contribution in [0.1, 0.15) is 31.3 Å². The molecule has 0 aliphatic carbocycles. The van der Waals surface area contributed by atoms with Crippen molar-refractivity contribution in [1.82, 2.24) is 4.98 Å². The van der Waals surface area contributed by atoms with Crippen LogP contribution in [0, 0.1) is 0 Å². The van der Waals surface area contributed by atoms with Crippen LogP contribution in [0.3, 0.4) is 0 Å². The third-order valence-corrected chi connectivity index (χ3v) is 2.89. The molecule has 0 radical (unpaired) electrons. The fourth-order valence-electron chi connectivity index (χ4n) is 1.78. The predicted octanol–water partition coefficient (Wildman–Crippen LogP) is 2.75. The average Bonchev–Trinajstić information content (AvgIpc) is 2.89. The highest BCUT2D eigenvalue weighted by molar-refractivity contribution is 5.39. The van der Waals surface area contributed by atoms with Crippen molar-refractivity contribution in [3.63, 3.8) is 0 Å². The van der Waals surface area contributed by atoms with Gasteiger partial charge in [0.05, 0.1) is 18.9 Å². The van der Waals surface area contributed by atoms with E-state index in [4.69, 9.17) is 4.42 Å². The zero-order valence-corrected chi connectivity index (χ0v) is 10.7. The van der Waals surface area contributed by atoms with Gasteiger partial charge < -0.3 is 14.4 Å². The van der Waals surface area contributed by atoms with Gasteiger partial charge in [0.2, 0.25) is 0 Å². The maximum atomic E-state index is 9.45. The van der Waals surface area contributed by atoms with Gasteiger partial charge in [-0.2, -0.15) is 0 Å². The standard InChI is InChI=1S/C14H18N2O2/c1-3-16(10-13-5-4-8-18-13)14-7-6-12(9-15-14)11(2)17/h4-9,11,17H,3,10H2,1-2H3/t11-/m1/s1. The monoisotopic (exact) mass is 246 g/mol. The van der Waals surface area contributed by atoms with E-state index in [9.17, 15) is 5.11 Å². The molecule has 0 aliphatic heterocycles. The minimum Gasteiger partial charge on any atom is -0.467 e. The summed E-state index contributed by atoms with van der Waals surface area (Å²) in [5.41, 5.74) is 0.827. The Balaban J connectivity index is 2.12. The molecule has 2 heterocycles. The summed E-state index contributed by atoms with van der Waals surface area (Å²) in [6.45, 7) is 5.36. The maximum Gasteiger partial charge on any atom is 0.128 e. The van der Waals surface area contributed by atoms with E-state index in [1.54, 1.807) is 19.4 Å². The molecule has 1 atom stereocenters. The first-order valence-electron chi connectivity index (χ1n) is 6.12. The van der Waals surface area contributed by atoms with Crippen LogP contribution >= 0.6 is 0 Å². The largest absolute Gasteiger partial charge is 0.467 e. The van der Waals surface area contributed by atoms with Crippen LogP contribution in [-0.4, -0.2) is 16.6 Å². The van der Waals surface area contributed by atoms with Crippen molar-refractivity contribution in [2.45, 2.75) is 26.5 Å². The number of furan rings is 1. The smallest absolute Gasteiger partial charge is 0.128 e. The Morgan fingerprint density at radius 1 is 1.39 bits per heavy atom. The highest BCUT2D eigenvalue weighted by Gasteiger charge is 2.09. The lowest BCUT2D eigenvalue weighted by atomic mass is 10.2. The van der Waals surface area contributed by atoms with Gasteiger partial charge in [0.25, 0.3) is 0 Å². The summed E-state index contributed by atoms with van der Waals surface area (Å²) >= 11 is 0. The first-order chi connectivity index (χ1) is 8.70. The van der Waals surface area contributed by atoms with E-state index in [2.05, 4.69) is 16.8 Å². The molecule has 0 aromatic carbocycles. The van der Waals surface area contributed by atoms with Crippen molar-refractivity contribution in [3.05, 3.63) is 48.0 Å². The zero-order valence-electron chi connectivity index (χ0n) is 10.7. The normalized spacial score (nSPS) is 12.4. The summed E-state index contributed by atoms with van der Waals surface area (Å²) in [6, 6.07) is 7.66. The van der Waals surface area contributed by atoms with Crippen LogP contribution in [0.25, 0.3) is 0 Å². The number of hydrogen-bond donors (Lipinski definition) is 1. The number of aliphatic hydroxyl groups excluding tert-OH is 1. The number of hydrogen-bond acceptors (Lipinski definition) is 4. The number of aliphatic hydroxyl groups is 1. The predicted molar refractivity (Wildman–Crippen MR) is 70.3 cm³/mol. The minimum absolute atomic E-state index is 0.480. The number of anilines is 1. The topological polar surface area (TPSA) is 49.5 Å². The molecule has 18 heavy (non-hydrogen) atoms. The van der Waals surface area contributed by atoms with Crippen LogP contribution in [0.2, 0.25) is 0 Å². The molecule has 1 N–H and O–H groups in total. The van der Waals surface area contributed by atoms with Gasteiger partial charge in [0, 0.05) is 12.7 Å². The van der Waals surface area contributed by atoms with E-state index in [0.29, 0.717) is 6.54 Å². The fourth-order valence-corrected chi connectivity index (χ4v) is 1.78. The second-order valence-electron chi connectivity index (χ2n) is 4.22. The summed E-state index contributed by atoms with van der Waals surface area (Å²) < 4.78 is 5.34. The molecule has 0 fully saturated rings. The molecule has 0 unspecified atom stereocenters. The molecule has 0 saturated carbocycles. The molecule has 2 aromatic rings. The SMILES string of the molecule is CCN(Cc1ccco1)c1ccc([C@@H](C)O)cn1. The fraction of sp³-hybridized carbons (Fsp3) is 0.357. The quantitative estimate of drug-likeness (QED) is 0.881. The summed E-state index contributed by atoms with van der Waals surface area (Å²) in [6.07, 6.45) is 2.91. The number of rotatable bonds is 5. The summed E-state index contributed by atoms with van der Waals surface area (Å²) in [7, 11) is 0. The molecule has 2 rings (SSSR count). The van der Waals surface area contributed by atoms with Gasteiger partial charge in [0.15, 0.2) is 0 Å². The van der Waals surface area contributed by atoms with Crippen LogP contribution in [-0.2, 0) is 6.54 Å². The molecule has 0 amide bonds. The lowest BCUT2D eigenvalue weighted by molar-refractivity contribution is 0.199. The highest BCUT2D eigenvalue weighted by Crippen LogP contribution is 2.17. The molecule has 4 nitrogen and oxygen atoms in total. The zero-order chi connectivity index (χ0) is 13.0. The number of nitrogens with zero attached hydrogens (tertiary/aromatic N) is 2. The first kappa shape index (κ1) is 12.6. The Kier molecular flexibility index (Phi) is 3.99. The summed E-state index contributed by atoms with van der Waals surface area (Å²) in [5, 5.41) is 9.45. The van der Waals surface area contributed by atoms with Crippen molar-refractivity contribution in [3.8, 4) is 0 Å². The molecule has 2 aromatic heterocycles. The summed E-state index contributed by atoms with van der Waals surface area (Å²) in [4.78, 5) is 6.49. The van der Waals surface area contributed by atoms with Gasteiger partial charge in [-0.15, -0.1) is 0 Å². The highest BCUT2D eigenvalue weighted by atomic mass is 16.3. The van der Waals surface area contributed by atoms with Crippen molar-refractivity contribution < 1.29 is 9.52 Å². The lowest BCUT2D eigenvalue weighted by Crippen LogP contribution is -2.22. The third-order valence-electron chi connectivity index (χ3n) is 2.89. The number of pyridine rings is 1. The van der Waals surface area contributed by atoms with Gasteiger partial charge in [-0.1, -0.05) is 6.07 Å². The van der Waals surface area contributed by atoms with Gasteiger partial charge in [-0.05, 0) is 37.6 Å². The van der Waals surface area contributed by atoms with E-state index in [1.807, 2.05) is 24.3 Å². The Hall–Kier alpha value is -1.81. The molecular formula is C14H18N2O2. The molecule has 0 saturated heterocycles. The van der Waals surface area contributed by atoms with E-state index >= 15 is 0 Å². The van der Waals surface area contributed by atoms with E-state index in [-0.39, 0.29) is 0 Å². The second-order valence-corrected chi connectivity index (χ2v) is 4.22. The third kappa shape index (κ3) is 2.90. The Morgan fingerprint density at radius 2 is 2.22 bits per heavy atom. The van der Waals surface area contributed by atoms with Crippen LogP contribution < -0.4 is 4.90 Å². The van der Waals surface area contributed by atoms with Gasteiger partial charge in [-0.25, -0.2) is 4.98 Å². The van der Waals surface area contributed by atoms with Crippen molar-refractivity contribution in [1.29, 1.82) is 0 Å². The molecule has 96 valence electrons. The minimum atomic E-state index is -0.480. The Bertz CT molecular complexity index is 463. The Morgan fingerprint density at radius 3 is 2.72 bits per heavy atom. The van der Waals surface area contributed by atoms with Gasteiger partial charge >= 0.3 is 0 Å². The van der Waals surface area contributed by atoms with Crippen molar-refractivity contribution in [2.75, 3.05) is 11.4 Å². The van der Waals surface area contributed by atoms with Crippen LogP contribution in [0.4, 0.5) is 5.82 Å². The summed E-state index contributed by atoms with van der Waals surface area (Å²) in [5.74, 6) is 1.80. The molecular weight excluding hydrogens is 228 g/mol. The Labute approximate surface area is 107 Å². The lowest BCUT2D eigenvalue weighted by Gasteiger charge is -2.21. The molecule has 0 aliphatic rings. The van der Waals surface area contributed by atoms with E-state index < -0.39 is 6.10 Å². The molecule has 4 heteroatoms. The van der Waals surface area contributed by atoms with Crippen LogP contribution in [0.15, 0.2) is 41.1 Å². The molecule has 0 spiro atoms. The van der Waals surface area contributed by atoms with Crippen LogP contribution in [0.5, 0.6) is 0 Å². The van der Waals surface area contributed by atoms with Crippen molar-refractivity contribution >= 4 is 5.82 Å². The van der Waals surface area contributed by atoms with Gasteiger partial charge in [-0.3, -0.25) is 0 Å². The van der Waals surface area contributed by atoms with Gasteiger partial charge in [0.1, 0.15) is 11.6 Å². The second kappa shape index (κ2) is 5.69. The van der Waals surface area contributed by atoms with E-state index in [1.165, 1.54) is 0 Å². The maximum absolute atomic E-state index is 9.45. The number of aromatic nitrogens is 1. The first-order valence-corrected chi connectivity index (χ1v) is 6.12. The van der Waals surface area contributed by atoms with E-state index in [0.717, 1.165) is 23.7 Å². The molecule has 0 bridgehead atoms.